The monoisotopic (exact) mass is 342 g/mol. The molecular formula is C17H18N4O4. The van der Waals surface area contributed by atoms with Crippen LogP contribution in [0.25, 0.3) is 0 Å². The molecule has 2 rings (SSSR count). The standard InChI is InChI=1S/C17H18N4O4/c1-10-8-12(21(24)25)6-7-14(10)20-16(22)9-19-15-5-3-4-13(11(15)2)17(18)23/h3-8,19H,9H2,1-2H3,(H2,18,23)(H,20,22). The Balaban J connectivity index is 2.03. The van der Waals surface area contributed by atoms with E-state index in [9.17, 15) is 19.7 Å². The molecule has 0 saturated heterocycles. The number of non-ortho nitro benzene ring substituents is 1. The molecule has 8 heteroatoms. The molecule has 2 aromatic carbocycles. The van der Waals surface area contributed by atoms with Gasteiger partial charge in [-0.15, -0.1) is 0 Å². The van der Waals surface area contributed by atoms with Crippen molar-refractivity contribution in [2.75, 3.05) is 17.2 Å². The summed E-state index contributed by atoms with van der Waals surface area (Å²) in [5, 5.41) is 16.4. The third-order valence-corrected chi connectivity index (χ3v) is 3.73. The van der Waals surface area contributed by atoms with E-state index in [2.05, 4.69) is 10.6 Å². The van der Waals surface area contributed by atoms with Gasteiger partial charge in [-0.3, -0.25) is 19.7 Å². The Morgan fingerprint density at radius 1 is 1.16 bits per heavy atom. The number of benzene rings is 2. The molecule has 0 aromatic heterocycles. The molecule has 0 heterocycles. The van der Waals surface area contributed by atoms with Crippen molar-refractivity contribution in [3.8, 4) is 0 Å². The molecule has 0 radical (unpaired) electrons. The number of carbonyl (C=O) groups is 2. The molecule has 2 aromatic rings. The molecule has 0 bridgehead atoms. The van der Waals surface area contributed by atoms with Crippen LogP contribution in [0.15, 0.2) is 36.4 Å². The van der Waals surface area contributed by atoms with Crippen LogP contribution in [0.1, 0.15) is 21.5 Å². The second kappa shape index (κ2) is 7.43. The van der Waals surface area contributed by atoms with Crippen LogP contribution in [0.3, 0.4) is 0 Å². The van der Waals surface area contributed by atoms with Crippen LogP contribution in [0, 0.1) is 24.0 Å². The van der Waals surface area contributed by atoms with Crippen molar-refractivity contribution in [1.29, 1.82) is 0 Å². The second-order valence-corrected chi connectivity index (χ2v) is 5.50. The molecule has 0 fully saturated rings. The van der Waals surface area contributed by atoms with Crippen LogP contribution in [0.4, 0.5) is 17.1 Å². The summed E-state index contributed by atoms with van der Waals surface area (Å²) >= 11 is 0. The highest BCUT2D eigenvalue weighted by atomic mass is 16.6. The van der Waals surface area contributed by atoms with Gasteiger partial charge in [-0.1, -0.05) is 6.07 Å². The number of nitrogens with zero attached hydrogens (tertiary/aromatic N) is 1. The van der Waals surface area contributed by atoms with E-state index < -0.39 is 10.8 Å². The number of aryl methyl sites for hydroxylation is 1. The molecule has 0 atom stereocenters. The number of rotatable bonds is 6. The van der Waals surface area contributed by atoms with Gasteiger partial charge in [0.1, 0.15) is 0 Å². The third-order valence-electron chi connectivity index (χ3n) is 3.73. The number of hydrogen-bond donors (Lipinski definition) is 3. The minimum absolute atomic E-state index is 0.0283. The van der Waals surface area contributed by atoms with Crippen LogP contribution in [0.2, 0.25) is 0 Å². The lowest BCUT2D eigenvalue weighted by Crippen LogP contribution is -2.23. The predicted octanol–water partition coefficient (Wildman–Crippen LogP) is 2.36. The quantitative estimate of drug-likeness (QED) is 0.548. The highest BCUT2D eigenvalue weighted by molar-refractivity contribution is 5.97. The molecule has 0 aliphatic carbocycles. The molecule has 0 aliphatic heterocycles. The number of nitrogens with one attached hydrogen (secondary N) is 2. The van der Waals surface area contributed by atoms with E-state index in [0.29, 0.717) is 28.1 Å². The normalized spacial score (nSPS) is 10.2. The fourth-order valence-electron chi connectivity index (χ4n) is 2.37. The van der Waals surface area contributed by atoms with E-state index in [1.807, 2.05) is 0 Å². The molecule has 25 heavy (non-hydrogen) atoms. The molecule has 0 unspecified atom stereocenters. The largest absolute Gasteiger partial charge is 0.376 e. The van der Waals surface area contributed by atoms with E-state index >= 15 is 0 Å². The summed E-state index contributed by atoms with van der Waals surface area (Å²) < 4.78 is 0. The molecule has 0 saturated carbocycles. The maximum absolute atomic E-state index is 12.1. The molecule has 0 aliphatic rings. The summed E-state index contributed by atoms with van der Waals surface area (Å²) in [5.41, 5.74) is 8.03. The van der Waals surface area contributed by atoms with Crippen LogP contribution in [-0.2, 0) is 4.79 Å². The summed E-state index contributed by atoms with van der Waals surface area (Å²) in [6, 6.07) is 9.24. The zero-order valence-corrected chi connectivity index (χ0v) is 13.8. The number of primary amides is 1. The number of nitro groups is 1. The Kier molecular flexibility index (Phi) is 5.33. The topological polar surface area (TPSA) is 127 Å². The van der Waals surface area contributed by atoms with Crippen molar-refractivity contribution in [1.82, 2.24) is 0 Å². The first-order chi connectivity index (χ1) is 11.8. The zero-order valence-electron chi connectivity index (χ0n) is 13.8. The summed E-state index contributed by atoms with van der Waals surface area (Å²) in [5.74, 6) is -0.854. The number of nitrogens with two attached hydrogens (primary N) is 1. The average Bonchev–Trinajstić information content (AvgIpc) is 2.55. The minimum Gasteiger partial charge on any atom is -0.376 e. The molecular weight excluding hydrogens is 324 g/mol. The van der Waals surface area contributed by atoms with Crippen molar-refractivity contribution >= 4 is 28.9 Å². The van der Waals surface area contributed by atoms with Crippen LogP contribution in [-0.4, -0.2) is 23.3 Å². The Hall–Kier alpha value is -3.42. The first-order valence-electron chi connectivity index (χ1n) is 7.47. The number of carbonyl (C=O) groups excluding carboxylic acids is 2. The third kappa shape index (κ3) is 4.31. The van der Waals surface area contributed by atoms with Gasteiger partial charge in [-0.2, -0.15) is 0 Å². The Bertz CT molecular complexity index is 849. The molecule has 130 valence electrons. The second-order valence-electron chi connectivity index (χ2n) is 5.50. The van der Waals surface area contributed by atoms with E-state index in [1.165, 1.54) is 18.2 Å². The fourth-order valence-corrected chi connectivity index (χ4v) is 2.37. The number of anilines is 2. The fraction of sp³-hybridized carbons (Fsp3) is 0.176. The summed E-state index contributed by atoms with van der Waals surface area (Å²) in [6.07, 6.45) is 0. The van der Waals surface area contributed by atoms with Crippen LogP contribution >= 0.6 is 0 Å². The number of amides is 2. The van der Waals surface area contributed by atoms with Gasteiger partial charge in [0.15, 0.2) is 0 Å². The number of nitro benzene ring substituents is 1. The van der Waals surface area contributed by atoms with E-state index in [1.54, 1.807) is 32.0 Å². The van der Waals surface area contributed by atoms with Crippen molar-refractivity contribution in [3.05, 3.63) is 63.2 Å². The van der Waals surface area contributed by atoms with Crippen LogP contribution < -0.4 is 16.4 Å². The lowest BCUT2D eigenvalue weighted by Gasteiger charge is -2.12. The van der Waals surface area contributed by atoms with Gasteiger partial charge < -0.3 is 16.4 Å². The Morgan fingerprint density at radius 3 is 2.48 bits per heavy atom. The van der Waals surface area contributed by atoms with Gasteiger partial charge in [0.05, 0.1) is 11.5 Å². The summed E-state index contributed by atoms with van der Waals surface area (Å²) in [7, 11) is 0. The SMILES string of the molecule is Cc1cc([N+](=O)[O-])ccc1NC(=O)CNc1cccc(C(N)=O)c1C. The maximum atomic E-state index is 12.1. The van der Waals surface area contributed by atoms with Gasteiger partial charge >= 0.3 is 0 Å². The maximum Gasteiger partial charge on any atom is 0.269 e. The van der Waals surface area contributed by atoms with Crippen LogP contribution in [0.5, 0.6) is 0 Å². The van der Waals surface area contributed by atoms with E-state index in [4.69, 9.17) is 5.73 Å². The Labute approximate surface area is 144 Å². The molecule has 2 amide bonds. The van der Waals surface area contributed by atoms with Gasteiger partial charge in [0, 0.05) is 29.1 Å². The Morgan fingerprint density at radius 2 is 1.88 bits per heavy atom. The van der Waals surface area contributed by atoms with Gasteiger partial charge in [-0.05, 0) is 43.2 Å². The van der Waals surface area contributed by atoms with Gasteiger partial charge in [-0.25, -0.2) is 0 Å². The first kappa shape index (κ1) is 17.9. The molecule has 8 nitrogen and oxygen atoms in total. The zero-order chi connectivity index (χ0) is 18.6. The average molecular weight is 342 g/mol. The van der Waals surface area contributed by atoms with Crippen molar-refractivity contribution in [2.24, 2.45) is 5.73 Å². The predicted molar refractivity (Wildman–Crippen MR) is 94.6 cm³/mol. The van der Waals surface area contributed by atoms with Crippen molar-refractivity contribution < 1.29 is 14.5 Å². The number of hydrogen-bond acceptors (Lipinski definition) is 5. The lowest BCUT2D eigenvalue weighted by atomic mass is 10.1. The van der Waals surface area contributed by atoms with Crippen molar-refractivity contribution in [2.45, 2.75) is 13.8 Å². The van der Waals surface area contributed by atoms with Gasteiger partial charge in [0.2, 0.25) is 11.8 Å². The van der Waals surface area contributed by atoms with Gasteiger partial charge in [0.25, 0.3) is 5.69 Å². The van der Waals surface area contributed by atoms with Crippen molar-refractivity contribution in [3.63, 3.8) is 0 Å². The molecule has 0 spiro atoms. The summed E-state index contributed by atoms with van der Waals surface area (Å²) in [4.78, 5) is 33.7. The first-order valence-corrected chi connectivity index (χ1v) is 7.47. The van der Waals surface area contributed by atoms with E-state index in [0.717, 1.165) is 0 Å². The molecule has 4 N–H and O–H groups in total. The minimum atomic E-state index is -0.535. The van der Waals surface area contributed by atoms with E-state index in [-0.39, 0.29) is 18.1 Å². The highest BCUT2D eigenvalue weighted by Crippen LogP contribution is 2.21. The summed E-state index contributed by atoms with van der Waals surface area (Å²) in [6.45, 7) is 3.39. The smallest absolute Gasteiger partial charge is 0.269 e. The lowest BCUT2D eigenvalue weighted by molar-refractivity contribution is -0.384. The highest BCUT2D eigenvalue weighted by Gasteiger charge is 2.12.